The van der Waals surface area contributed by atoms with E-state index in [-0.39, 0.29) is 39.4 Å². The molecule has 6 rings (SSSR count). The van der Waals surface area contributed by atoms with Crippen LogP contribution in [0, 0.1) is 0 Å². The van der Waals surface area contributed by atoms with Crippen molar-refractivity contribution in [3.05, 3.63) is 177 Å². The summed E-state index contributed by atoms with van der Waals surface area (Å²) in [4.78, 5) is 58.1. The van der Waals surface area contributed by atoms with Crippen LogP contribution in [0.5, 0.6) is 34.5 Å². The molecule has 0 spiro atoms. The van der Waals surface area contributed by atoms with Crippen LogP contribution in [0.25, 0.3) is 0 Å². The highest BCUT2D eigenvalue weighted by Gasteiger charge is 2.29. The number of aromatic carboxylic acids is 1. The van der Waals surface area contributed by atoms with E-state index in [1.165, 1.54) is 39.5 Å². The lowest BCUT2D eigenvalue weighted by Crippen LogP contribution is -2.20. The summed E-state index contributed by atoms with van der Waals surface area (Å²) < 4.78 is 43.9. The number of phenols is 1. The predicted octanol–water partition coefficient (Wildman–Crippen LogP) is 11.3. The van der Waals surface area contributed by atoms with E-state index in [2.05, 4.69) is 23.3 Å². The Hall–Kier alpha value is -8.53. The summed E-state index contributed by atoms with van der Waals surface area (Å²) in [5.41, 5.74) is 4.67. The first-order chi connectivity index (χ1) is 34.5. The zero-order chi connectivity index (χ0) is 54.3. The molecule has 0 aromatic heterocycles. The lowest BCUT2D eigenvalue weighted by molar-refractivity contribution is 0.0586. The summed E-state index contributed by atoms with van der Waals surface area (Å²) in [6.45, 7) is 12.1. The Morgan fingerprint density at radius 3 is 0.973 bits per heavy atom. The Labute approximate surface area is 425 Å². The van der Waals surface area contributed by atoms with Gasteiger partial charge in [-0.05, 0) is 106 Å². The molecule has 0 radical (unpaired) electrons. The first-order valence-electron chi connectivity index (χ1n) is 22.5. The number of aromatic hydroxyl groups is 1. The van der Waals surface area contributed by atoms with E-state index in [1.807, 2.05) is 107 Å². The normalized spacial score (nSPS) is 10.9. The van der Waals surface area contributed by atoms with Gasteiger partial charge in [-0.25, -0.2) is 24.0 Å². The zero-order valence-electron chi connectivity index (χ0n) is 43.2. The number of rotatable bonds is 14. The molecule has 2 N–H and O–H groups in total. The molecule has 0 amide bonds. The van der Waals surface area contributed by atoms with Crippen molar-refractivity contribution in [2.24, 2.45) is 0 Å². The zero-order valence-corrected chi connectivity index (χ0v) is 43.2. The van der Waals surface area contributed by atoms with Gasteiger partial charge in [0.2, 0.25) is 0 Å². The number of carbonyl (C=O) groups is 5. The molecule has 0 fully saturated rings. The van der Waals surface area contributed by atoms with Crippen molar-refractivity contribution in [1.82, 2.24) is 0 Å². The average Bonchev–Trinajstić information content (AvgIpc) is 3.40. The molecule has 0 saturated carbocycles. The van der Waals surface area contributed by atoms with Crippen molar-refractivity contribution in [1.29, 1.82) is 0 Å². The van der Waals surface area contributed by atoms with Gasteiger partial charge in [0.05, 0.1) is 49.8 Å². The van der Waals surface area contributed by atoms with Crippen LogP contribution in [0.1, 0.15) is 106 Å². The molecule has 6 aromatic carbocycles. The van der Waals surface area contributed by atoms with Gasteiger partial charge in [0, 0.05) is 16.2 Å². The second kappa shape index (κ2) is 25.0. The van der Waals surface area contributed by atoms with Gasteiger partial charge in [0.1, 0.15) is 51.2 Å². The molecule has 386 valence electrons. The van der Waals surface area contributed by atoms with E-state index >= 15 is 0 Å². The molecule has 0 atom stereocenters. The van der Waals surface area contributed by atoms with Gasteiger partial charge >= 0.3 is 30.2 Å². The van der Waals surface area contributed by atoms with Gasteiger partial charge in [-0.2, -0.15) is 0 Å². The van der Waals surface area contributed by atoms with E-state index in [4.69, 9.17) is 33.2 Å². The van der Waals surface area contributed by atoms with Crippen LogP contribution in [0.15, 0.2) is 127 Å². The van der Waals surface area contributed by atoms with Crippen LogP contribution >= 0.6 is 0 Å². The molecule has 73 heavy (non-hydrogen) atoms. The van der Waals surface area contributed by atoms with Crippen molar-refractivity contribution in [3.63, 3.8) is 0 Å². The summed E-state index contributed by atoms with van der Waals surface area (Å²) in [5, 5.41) is 19.3. The van der Waals surface area contributed by atoms with Crippen LogP contribution in [-0.2, 0) is 35.2 Å². The molecule has 0 unspecified atom stereocenters. The summed E-state index contributed by atoms with van der Waals surface area (Å²) in [5.74, 6) is -0.102. The van der Waals surface area contributed by atoms with Crippen LogP contribution in [0.2, 0.25) is 0 Å². The smallest absolute Gasteiger partial charge is 0.507 e. The highest BCUT2D eigenvalue weighted by Crippen LogP contribution is 2.38. The summed E-state index contributed by atoms with van der Waals surface area (Å²) in [6, 6.07) is 37.8. The monoisotopic (exact) mass is 1000 g/mol. The highest BCUT2D eigenvalue weighted by atomic mass is 16.7. The fourth-order valence-electron chi connectivity index (χ4n) is 7.44. The fraction of sp³-hybridized carbons (Fsp3) is 0.281. The number of benzene rings is 6. The maximum absolute atomic E-state index is 12.1. The van der Waals surface area contributed by atoms with Crippen molar-refractivity contribution in [3.8, 4) is 34.5 Å². The minimum atomic E-state index is -1.19. The van der Waals surface area contributed by atoms with Crippen LogP contribution < -0.4 is 23.7 Å². The topological polar surface area (TPSA) is 209 Å². The third-order valence-corrected chi connectivity index (χ3v) is 12.3. The average molecular weight is 1000 g/mol. The van der Waals surface area contributed by atoms with Gasteiger partial charge < -0.3 is 52.8 Å². The summed E-state index contributed by atoms with van der Waals surface area (Å²) in [6.07, 6.45) is -1.87. The van der Waals surface area contributed by atoms with E-state index in [0.717, 1.165) is 57.7 Å². The maximum atomic E-state index is 12.1. The Morgan fingerprint density at radius 2 is 0.658 bits per heavy atom. The molecular weight excluding hydrogens is 941 g/mol. The summed E-state index contributed by atoms with van der Waals surface area (Å²) in [7, 11) is 9.75. The predicted molar refractivity (Wildman–Crippen MR) is 272 cm³/mol. The van der Waals surface area contributed by atoms with E-state index in [9.17, 15) is 34.2 Å². The number of ether oxygens (including phenoxy) is 9. The third kappa shape index (κ3) is 14.1. The standard InChI is InChI=1S/C20H22O6.C19H20O6.C18H20O4/c1-20(2,13-6-9-15(23-3)10-7-13)14-8-11-17(26-19(22)25-5)16(12-14)18(21)24-4;1-19(2,12-5-8-14(23-3)9-6-12)13-7-10-16(25-18(22)24-4)15(11-13)17(20)21;1-18(2,12-5-8-14(21-3)9-6-12)13-7-10-16(19)15(11-13)17(20)22-4/h6-12H,1-5H3;5-11H,1-4H3,(H,20,21);5-11,19H,1-4H3. The fourth-order valence-corrected chi connectivity index (χ4v) is 7.44. The number of hydrogen-bond donors (Lipinski definition) is 2. The Kier molecular flexibility index (Phi) is 19.6. The number of phenolic OH excluding ortho intramolecular Hbond substituents is 1. The number of carboxylic acid groups (broad SMARTS) is 1. The van der Waals surface area contributed by atoms with Gasteiger partial charge in [0.15, 0.2) is 0 Å². The lowest BCUT2D eigenvalue weighted by Gasteiger charge is -2.27. The van der Waals surface area contributed by atoms with Gasteiger partial charge in [-0.3, -0.25) is 0 Å². The van der Waals surface area contributed by atoms with Gasteiger partial charge in [-0.15, -0.1) is 0 Å². The lowest BCUT2D eigenvalue weighted by atomic mass is 9.77. The maximum Gasteiger partial charge on any atom is 0.513 e. The molecule has 16 heteroatoms. The molecular formula is C57H62O16. The first-order valence-corrected chi connectivity index (χ1v) is 22.5. The number of esters is 2. The van der Waals surface area contributed by atoms with E-state index in [0.29, 0.717) is 0 Å². The summed E-state index contributed by atoms with van der Waals surface area (Å²) >= 11 is 0. The van der Waals surface area contributed by atoms with Crippen LogP contribution in [-0.4, -0.2) is 90.2 Å². The number of carbonyl (C=O) groups excluding carboxylic acids is 4. The number of methoxy groups -OCH3 is 7. The highest BCUT2D eigenvalue weighted by molar-refractivity contribution is 5.94. The van der Waals surface area contributed by atoms with Crippen LogP contribution in [0.4, 0.5) is 9.59 Å². The SMILES string of the molecule is COC(=O)Oc1ccc(C(C)(C)c2ccc(OC)cc2)cc1C(=O)O.COC(=O)Oc1ccc(C(C)(C)c2ccc(OC)cc2)cc1C(=O)OC.COC(=O)c1cc(C(C)(C)c2ccc(OC)cc2)ccc1O. The number of carboxylic acids is 1. The molecule has 0 heterocycles. The molecule has 0 aliphatic carbocycles. The van der Waals surface area contributed by atoms with Crippen LogP contribution in [0.3, 0.4) is 0 Å². The second-order valence-electron chi connectivity index (χ2n) is 17.6. The molecule has 0 aliphatic heterocycles. The number of hydrogen-bond acceptors (Lipinski definition) is 15. The Balaban J connectivity index is 0.000000238. The first kappa shape index (κ1) is 57.1. The molecule has 6 aromatic rings. The second-order valence-corrected chi connectivity index (χ2v) is 17.6. The largest absolute Gasteiger partial charge is 0.513 e. The van der Waals surface area contributed by atoms with Crippen molar-refractivity contribution in [2.75, 3.05) is 49.8 Å². The van der Waals surface area contributed by atoms with Crippen molar-refractivity contribution in [2.45, 2.75) is 57.8 Å². The van der Waals surface area contributed by atoms with E-state index in [1.54, 1.807) is 51.7 Å². The molecule has 0 bridgehead atoms. The van der Waals surface area contributed by atoms with E-state index < -0.39 is 41.0 Å². The minimum Gasteiger partial charge on any atom is -0.507 e. The van der Waals surface area contributed by atoms with Gasteiger partial charge in [-0.1, -0.05) is 96.1 Å². The van der Waals surface area contributed by atoms with Crippen molar-refractivity contribution < 1.29 is 76.8 Å². The molecule has 16 nitrogen and oxygen atoms in total. The minimum absolute atomic E-state index is 0.0615. The van der Waals surface area contributed by atoms with Crippen molar-refractivity contribution >= 4 is 30.2 Å². The molecule has 0 aliphatic rings. The third-order valence-electron chi connectivity index (χ3n) is 12.3. The quantitative estimate of drug-likeness (QED) is 0.0590. The Morgan fingerprint density at radius 1 is 0.370 bits per heavy atom. The molecule has 0 saturated heterocycles. The van der Waals surface area contributed by atoms with Gasteiger partial charge in [0.25, 0.3) is 0 Å². The Bertz CT molecular complexity index is 2860.